The molecule has 6 nitrogen and oxygen atoms in total. The summed E-state index contributed by atoms with van der Waals surface area (Å²) in [6.45, 7) is 32.4. The SMILES string of the molecule is C[Si](C)(C)OCC(=O)[C@@H](O[Si](C)(C)C)[C@@H](O[Si](C)(C)C)[C@H](CO[Si](C)(C)C)O[Si](C)(C)C. The number of Topliss-reactive ketones (excluding diaryl/α,β-unsaturated/α-hetero) is 1. The lowest BCUT2D eigenvalue weighted by atomic mass is 10.1. The minimum atomic E-state index is -2.07. The molecule has 0 spiro atoms. The second kappa shape index (κ2) is 12.0. The van der Waals surface area contributed by atoms with Crippen molar-refractivity contribution in [1.29, 1.82) is 0 Å². The first kappa shape index (κ1) is 32.6. The summed E-state index contributed by atoms with van der Waals surface area (Å²) in [6.07, 6.45) is -1.61. The first-order valence-corrected chi connectivity index (χ1v) is 28.8. The third-order valence-corrected chi connectivity index (χ3v) is 8.78. The normalized spacial score (nSPS) is 17.2. The van der Waals surface area contributed by atoms with Gasteiger partial charge in [-0.15, -0.1) is 0 Å². The molecule has 0 radical (unpaired) electrons. The fourth-order valence-corrected chi connectivity index (χ4v) is 7.26. The molecule has 11 heteroatoms. The van der Waals surface area contributed by atoms with Crippen LogP contribution in [0.4, 0.5) is 0 Å². The van der Waals surface area contributed by atoms with E-state index in [-0.39, 0.29) is 18.5 Å². The molecule has 0 N–H and O–H groups in total. The van der Waals surface area contributed by atoms with Gasteiger partial charge in [0.2, 0.25) is 0 Å². The topological polar surface area (TPSA) is 63.2 Å². The van der Waals surface area contributed by atoms with Crippen molar-refractivity contribution >= 4 is 47.4 Å². The Kier molecular flexibility index (Phi) is 12.2. The second-order valence-corrected chi connectivity index (χ2v) is 35.8. The van der Waals surface area contributed by atoms with Crippen molar-refractivity contribution in [2.24, 2.45) is 0 Å². The van der Waals surface area contributed by atoms with Gasteiger partial charge in [-0.05, 0) is 98.2 Å². The molecule has 0 amide bonds. The van der Waals surface area contributed by atoms with E-state index in [1.807, 2.05) is 0 Å². The predicted octanol–water partition coefficient (Wildman–Crippen LogP) is 5.92. The zero-order chi connectivity index (χ0) is 25.8. The molecule has 0 saturated carbocycles. The van der Waals surface area contributed by atoms with Crippen molar-refractivity contribution in [1.82, 2.24) is 0 Å². The van der Waals surface area contributed by atoms with Crippen LogP contribution < -0.4 is 0 Å². The number of hydrogen-bond acceptors (Lipinski definition) is 6. The van der Waals surface area contributed by atoms with Crippen LogP contribution in [-0.2, 0) is 26.9 Å². The van der Waals surface area contributed by atoms with Gasteiger partial charge in [0.15, 0.2) is 47.4 Å². The van der Waals surface area contributed by atoms with Crippen LogP contribution in [-0.4, -0.2) is 78.9 Å². The summed E-state index contributed by atoms with van der Waals surface area (Å²) in [6, 6.07) is 0. The molecule has 0 aliphatic rings. The Morgan fingerprint density at radius 2 is 0.969 bits per heavy atom. The quantitative estimate of drug-likeness (QED) is 0.240. The summed E-state index contributed by atoms with van der Waals surface area (Å²) in [4.78, 5) is 13.5. The van der Waals surface area contributed by atoms with E-state index in [0.29, 0.717) is 6.61 Å². The average molecular weight is 541 g/mol. The van der Waals surface area contributed by atoms with E-state index in [2.05, 4.69) is 98.2 Å². The maximum absolute atomic E-state index is 13.5. The first-order chi connectivity index (χ1) is 13.9. The molecule has 192 valence electrons. The molecule has 0 aliphatic carbocycles. The van der Waals surface area contributed by atoms with Gasteiger partial charge in [-0.3, -0.25) is 4.79 Å². The fraction of sp³-hybridized carbons (Fsp3) is 0.952. The third kappa shape index (κ3) is 17.1. The molecule has 32 heavy (non-hydrogen) atoms. The summed E-state index contributed by atoms with van der Waals surface area (Å²) < 4.78 is 32.1. The maximum atomic E-state index is 13.5. The summed E-state index contributed by atoms with van der Waals surface area (Å²) in [5, 5.41) is 0. The molecule has 0 aliphatic heterocycles. The van der Waals surface area contributed by atoms with Gasteiger partial charge in [0, 0.05) is 0 Å². The summed E-state index contributed by atoms with van der Waals surface area (Å²) in [5.74, 6) is -0.0599. The molecule has 0 unspecified atom stereocenters. The Labute approximate surface area is 203 Å². The van der Waals surface area contributed by atoms with Crippen LogP contribution >= 0.6 is 0 Å². The highest BCUT2D eigenvalue weighted by Crippen LogP contribution is 2.25. The van der Waals surface area contributed by atoms with Crippen LogP contribution in [0.15, 0.2) is 0 Å². The van der Waals surface area contributed by atoms with Crippen molar-refractivity contribution in [3.05, 3.63) is 0 Å². The van der Waals surface area contributed by atoms with Gasteiger partial charge in [-0.2, -0.15) is 0 Å². The molecule has 0 heterocycles. The van der Waals surface area contributed by atoms with E-state index in [0.717, 1.165) is 0 Å². The van der Waals surface area contributed by atoms with Crippen LogP contribution in [0.25, 0.3) is 0 Å². The summed E-state index contributed by atoms with van der Waals surface area (Å²) in [5.41, 5.74) is 0. The number of carbonyl (C=O) groups excluding carboxylic acids is 1. The molecular formula is C21H52O6Si5. The highest BCUT2D eigenvalue weighted by Gasteiger charge is 2.43. The number of ketones is 1. The van der Waals surface area contributed by atoms with Crippen LogP contribution in [0.5, 0.6) is 0 Å². The zero-order valence-corrected chi connectivity index (χ0v) is 28.6. The minimum Gasteiger partial charge on any atom is -0.415 e. The van der Waals surface area contributed by atoms with Crippen LogP contribution in [0, 0.1) is 0 Å². The number of hydrogen-bond donors (Lipinski definition) is 0. The van der Waals surface area contributed by atoms with E-state index in [9.17, 15) is 4.79 Å². The molecule has 0 saturated heterocycles. The van der Waals surface area contributed by atoms with Crippen molar-refractivity contribution in [3.63, 3.8) is 0 Å². The van der Waals surface area contributed by atoms with Gasteiger partial charge >= 0.3 is 0 Å². The fourth-order valence-electron chi connectivity index (χ4n) is 2.79. The van der Waals surface area contributed by atoms with Crippen molar-refractivity contribution < 1.29 is 26.9 Å². The molecule has 0 aromatic carbocycles. The Morgan fingerprint density at radius 1 is 0.562 bits per heavy atom. The van der Waals surface area contributed by atoms with Gasteiger partial charge in [0.05, 0.1) is 19.3 Å². The van der Waals surface area contributed by atoms with Crippen LogP contribution in [0.1, 0.15) is 0 Å². The van der Waals surface area contributed by atoms with Gasteiger partial charge in [0.25, 0.3) is 0 Å². The molecule has 3 atom stereocenters. The van der Waals surface area contributed by atoms with Crippen LogP contribution in [0.3, 0.4) is 0 Å². The summed E-state index contributed by atoms with van der Waals surface area (Å²) >= 11 is 0. The van der Waals surface area contributed by atoms with Crippen molar-refractivity contribution in [3.8, 4) is 0 Å². The lowest BCUT2D eigenvalue weighted by Crippen LogP contribution is -2.58. The van der Waals surface area contributed by atoms with E-state index in [4.69, 9.17) is 22.1 Å². The minimum absolute atomic E-state index is 0.0466. The predicted molar refractivity (Wildman–Crippen MR) is 148 cm³/mol. The largest absolute Gasteiger partial charge is 0.415 e. The number of carbonyl (C=O) groups is 1. The molecule has 0 aromatic rings. The van der Waals surface area contributed by atoms with E-state index < -0.39 is 53.8 Å². The lowest BCUT2D eigenvalue weighted by Gasteiger charge is -2.42. The average Bonchev–Trinajstić information content (AvgIpc) is 2.48. The van der Waals surface area contributed by atoms with Crippen LogP contribution in [0.2, 0.25) is 98.2 Å². The van der Waals surface area contributed by atoms with Gasteiger partial charge in [0.1, 0.15) is 12.2 Å². The summed E-state index contributed by atoms with van der Waals surface area (Å²) in [7, 11) is -9.70. The third-order valence-electron chi connectivity index (χ3n) is 3.79. The smallest absolute Gasteiger partial charge is 0.187 e. The second-order valence-electron chi connectivity index (χ2n) is 13.4. The van der Waals surface area contributed by atoms with E-state index >= 15 is 0 Å². The molecule has 0 rings (SSSR count). The number of rotatable bonds is 15. The van der Waals surface area contributed by atoms with Gasteiger partial charge in [-0.1, -0.05) is 0 Å². The van der Waals surface area contributed by atoms with Gasteiger partial charge in [-0.25, -0.2) is 0 Å². The highest BCUT2D eigenvalue weighted by atomic mass is 28.4. The molecule has 0 aromatic heterocycles. The Hall–Kier alpha value is 0.554. The Morgan fingerprint density at radius 3 is 1.31 bits per heavy atom. The van der Waals surface area contributed by atoms with Crippen molar-refractivity contribution in [2.45, 2.75) is 117 Å². The maximum Gasteiger partial charge on any atom is 0.187 e. The molecular weight excluding hydrogens is 489 g/mol. The molecule has 0 fully saturated rings. The Balaban J connectivity index is 6.28. The van der Waals surface area contributed by atoms with Gasteiger partial charge < -0.3 is 22.1 Å². The highest BCUT2D eigenvalue weighted by molar-refractivity contribution is 6.71. The zero-order valence-electron chi connectivity index (χ0n) is 23.6. The lowest BCUT2D eigenvalue weighted by molar-refractivity contribution is -0.137. The van der Waals surface area contributed by atoms with E-state index in [1.54, 1.807) is 0 Å². The molecule has 0 bridgehead atoms. The first-order valence-electron chi connectivity index (χ1n) is 11.7. The monoisotopic (exact) mass is 540 g/mol. The standard InChI is InChI=1S/C21H52O6Si5/c1-28(2,3)23-16-18(22)20(26-31(10,11)12)21(27-32(13,14)15)19(25-30(7,8)9)17-24-29(4,5)6/h19-21H,16-17H2,1-15H3/t19-,20+,21-/m0/s1. The Bertz CT molecular complexity index is 582. The van der Waals surface area contributed by atoms with Crippen molar-refractivity contribution in [2.75, 3.05) is 13.2 Å². The van der Waals surface area contributed by atoms with E-state index in [1.165, 1.54) is 0 Å².